The topological polar surface area (TPSA) is 108 Å². The second-order valence-corrected chi connectivity index (χ2v) is 10.5. The fourth-order valence-electron chi connectivity index (χ4n) is 5.65. The molecule has 1 saturated heterocycles. The van der Waals surface area contributed by atoms with Crippen molar-refractivity contribution in [2.24, 2.45) is 0 Å². The van der Waals surface area contributed by atoms with Gasteiger partial charge in [-0.3, -0.25) is 4.79 Å². The van der Waals surface area contributed by atoms with Crippen molar-refractivity contribution in [2.45, 2.75) is 64.0 Å². The van der Waals surface area contributed by atoms with E-state index in [-0.39, 0.29) is 18.1 Å². The Balaban J connectivity index is 1.46. The van der Waals surface area contributed by atoms with Crippen LogP contribution in [0.25, 0.3) is 16.6 Å². The summed E-state index contributed by atoms with van der Waals surface area (Å²) in [6, 6.07) is 6.49. The van der Waals surface area contributed by atoms with E-state index in [0.29, 0.717) is 24.9 Å². The van der Waals surface area contributed by atoms with E-state index < -0.39 is 0 Å². The summed E-state index contributed by atoms with van der Waals surface area (Å²) in [5.41, 5.74) is 4.24. The predicted octanol–water partition coefficient (Wildman–Crippen LogP) is 3.32. The van der Waals surface area contributed by atoms with E-state index >= 15 is 0 Å². The van der Waals surface area contributed by atoms with Crippen LogP contribution in [0.2, 0.25) is 0 Å². The maximum atomic E-state index is 12.1. The lowest BCUT2D eigenvalue weighted by atomic mass is 9.85. The fraction of sp³-hybridized carbons (Fsp3) is 0.571. The number of anilines is 2. The molecule has 1 saturated carbocycles. The van der Waals surface area contributed by atoms with E-state index in [1.807, 2.05) is 41.7 Å². The number of aliphatic hydroxyl groups excluding tert-OH is 1. The summed E-state index contributed by atoms with van der Waals surface area (Å²) in [5, 5.41) is 18.3. The van der Waals surface area contributed by atoms with Crippen LogP contribution in [0.15, 0.2) is 30.6 Å². The standard InChI is InChI=1S/C28H39N7O3/c1-4-27(37)34-13-11-33(12-14-34)26-15-21(9-10-29-26)23-16-24(20-5-7-22(36)8-6-20)35-25(23)17-30-28(32-35)31-19(2)18-38-3/h9-10,15-17,19-20,22,36H,4-8,11-14,18H2,1-3H3,(H,31,32)/t19-,20?,22?/m0/s1. The van der Waals surface area contributed by atoms with Gasteiger partial charge in [0.2, 0.25) is 11.9 Å². The maximum absolute atomic E-state index is 12.1. The van der Waals surface area contributed by atoms with Crippen LogP contribution in [0.3, 0.4) is 0 Å². The Hall–Kier alpha value is -3.24. The Morgan fingerprint density at radius 3 is 2.63 bits per heavy atom. The second kappa shape index (κ2) is 11.7. The van der Waals surface area contributed by atoms with Crippen molar-refractivity contribution in [3.8, 4) is 11.1 Å². The summed E-state index contributed by atoms with van der Waals surface area (Å²) in [4.78, 5) is 25.6. The summed E-state index contributed by atoms with van der Waals surface area (Å²) >= 11 is 0. The van der Waals surface area contributed by atoms with Gasteiger partial charge in [-0.05, 0) is 56.4 Å². The van der Waals surface area contributed by atoms with Gasteiger partial charge >= 0.3 is 0 Å². The molecular formula is C28H39N7O3. The van der Waals surface area contributed by atoms with Crippen LogP contribution in [-0.4, -0.2) is 87.5 Å². The molecule has 1 atom stereocenters. The Labute approximate surface area is 224 Å². The number of aliphatic hydroxyl groups is 1. The lowest BCUT2D eigenvalue weighted by Gasteiger charge is -2.35. The normalized spacial score (nSPS) is 21.1. The number of nitrogens with one attached hydrogen (secondary N) is 1. The molecular weight excluding hydrogens is 482 g/mol. The third-order valence-corrected chi connectivity index (χ3v) is 7.77. The highest BCUT2D eigenvalue weighted by Crippen LogP contribution is 2.38. The van der Waals surface area contributed by atoms with Crippen molar-refractivity contribution in [1.29, 1.82) is 0 Å². The largest absolute Gasteiger partial charge is 0.393 e. The number of hydrogen-bond donors (Lipinski definition) is 2. The van der Waals surface area contributed by atoms with Crippen molar-refractivity contribution in [3.63, 3.8) is 0 Å². The van der Waals surface area contributed by atoms with Gasteiger partial charge in [-0.25, -0.2) is 14.5 Å². The number of amides is 1. The minimum Gasteiger partial charge on any atom is -0.393 e. The molecule has 204 valence electrons. The predicted molar refractivity (Wildman–Crippen MR) is 147 cm³/mol. The van der Waals surface area contributed by atoms with Crippen molar-refractivity contribution >= 4 is 23.2 Å². The Morgan fingerprint density at radius 2 is 1.92 bits per heavy atom. The molecule has 0 radical (unpaired) electrons. The highest BCUT2D eigenvalue weighted by Gasteiger charge is 2.26. The molecule has 10 nitrogen and oxygen atoms in total. The van der Waals surface area contributed by atoms with Gasteiger partial charge in [-0.15, -0.1) is 5.10 Å². The average molecular weight is 522 g/mol. The summed E-state index contributed by atoms with van der Waals surface area (Å²) in [6.07, 6.45) is 7.56. The highest BCUT2D eigenvalue weighted by molar-refractivity contribution is 5.82. The Kier molecular flexibility index (Phi) is 8.09. The summed E-state index contributed by atoms with van der Waals surface area (Å²) in [6.45, 7) is 7.49. The maximum Gasteiger partial charge on any atom is 0.241 e. The Morgan fingerprint density at radius 1 is 1.16 bits per heavy atom. The number of hydrogen-bond acceptors (Lipinski definition) is 8. The van der Waals surface area contributed by atoms with Gasteiger partial charge in [0.1, 0.15) is 5.82 Å². The minimum atomic E-state index is -0.213. The molecule has 5 rings (SSSR count). The number of nitrogens with zero attached hydrogens (tertiary/aromatic N) is 6. The number of piperazine rings is 1. The van der Waals surface area contributed by atoms with Gasteiger partial charge in [0.25, 0.3) is 0 Å². The van der Waals surface area contributed by atoms with E-state index in [4.69, 9.17) is 9.84 Å². The Bertz CT molecular complexity index is 1250. The van der Waals surface area contributed by atoms with Crippen LogP contribution >= 0.6 is 0 Å². The first-order valence-corrected chi connectivity index (χ1v) is 13.8. The fourth-order valence-corrected chi connectivity index (χ4v) is 5.65. The van der Waals surface area contributed by atoms with Crippen molar-refractivity contribution < 1.29 is 14.6 Å². The number of aromatic nitrogens is 4. The number of fused-ring (bicyclic) bond motifs is 1. The summed E-state index contributed by atoms with van der Waals surface area (Å²) in [5.74, 6) is 2.01. The lowest BCUT2D eigenvalue weighted by Crippen LogP contribution is -2.48. The average Bonchev–Trinajstić information content (AvgIpc) is 3.32. The van der Waals surface area contributed by atoms with E-state index in [9.17, 15) is 9.90 Å². The number of carbonyl (C=O) groups excluding carboxylic acids is 1. The zero-order chi connectivity index (χ0) is 26.6. The minimum absolute atomic E-state index is 0.0802. The molecule has 0 unspecified atom stereocenters. The van der Waals surface area contributed by atoms with E-state index in [1.54, 1.807) is 7.11 Å². The van der Waals surface area contributed by atoms with Crippen LogP contribution in [0.5, 0.6) is 0 Å². The van der Waals surface area contributed by atoms with Gasteiger partial charge in [-0.1, -0.05) is 6.92 Å². The number of pyridine rings is 1. The van der Waals surface area contributed by atoms with Gasteiger partial charge in [0, 0.05) is 69.1 Å². The molecule has 1 aliphatic heterocycles. The van der Waals surface area contributed by atoms with Crippen LogP contribution < -0.4 is 10.2 Å². The molecule has 2 aliphatic rings. The van der Waals surface area contributed by atoms with Gasteiger partial charge in [0.15, 0.2) is 0 Å². The van der Waals surface area contributed by atoms with Crippen molar-refractivity contribution in [1.82, 2.24) is 24.5 Å². The molecule has 3 aromatic heterocycles. The molecule has 0 bridgehead atoms. The molecule has 1 aliphatic carbocycles. The molecule has 2 fully saturated rings. The molecule has 1 amide bonds. The monoisotopic (exact) mass is 521 g/mol. The molecule has 4 heterocycles. The molecule has 38 heavy (non-hydrogen) atoms. The van der Waals surface area contributed by atoms with Crippen LogP contribution in [0.1, 0.15) is 57.6 Å². The molecule has 2 N–H and O–H groups in total. The zero-order valence-electron chi connectivity index (χ0n) is 22.6. The van der Waals surface area contributed by atoms with Gasteiger partial charge in [0.05, 0.1) is 24.4 Å². The smallest absolute Gasteiger partial charge is 0.241 e. The third-order valence-electron chi connectivity index (χ3n) is 7.77. The number of rotatable bonds is 8. The van der Waals surface area contributed by atoms with Crippen molar-refractivity contribution in [2.75, 3.05) is 50.1 Å². The first-order valence-electron chi connectivity index (χ1n) is 13.8. The zero-order valence-corrected chi connectivity index (χ0v) is 22.6. The van der Waals surface area contributed by atoms with Crippen molar-refractivity contribution in [3.05, 3.63) is 36.3 Å². The molecule has 0 aromatic carbocycles. The number of methoxy groups -OCH3 is 1. The van der Waals surface area contributed by atoms with E-state index in [0.717, 1.165) is 80.0 Å². The molecule has 3 aromatic rings. The molecule has 10 heteroatoms. The second-order valence-electron chi connectivity index (χ2n) is 10.5. The van der Waals surface area contributed by atoms with E-state index in [2.05, 4.69) is 32.3 Å². The van der Waals surface area contributed by atoms with Crippen LogP contribution in [-0.2, 0) is 9.53 Å². The van der Waals surface area contributed by atoms with E-state index in [1.165, 1.54) is 0 Å². The molecule has 0 spiro atoms. The lowest BCUT2D eigenvalue weighted by molar-refractivity contribution is -0.131. The van der Waals surface area contributed by atoms with Gasteiger partial charge in [-0.2, -0.15) is 0 Å². The first kappa shape index (κ1) is 26.4. The van der Waals surface area contributed by atoms with Crippen LogP contribution in [0.4, 0.5) is 11.8 Å². The first-order chi connectivity index (χ1) is 18.5. The number of carbonyl (C=O) groups is 1. The third kappa shape index (κ3) is 5.61. The van der Waals surface area contributed by atoms with Crippen LogP contribution in [0, 0.1) is 0 Å². The SMILES string of the molecule is CCC(=O)N1CCN(c2cc(-c3cc(C4CCC(O)CC4)n4nc(N[C@@H](C)COC)ncc34)ccn2)CC1. The quantitative estimate of drug-likeness (QED) is 0.465. The summed E-state index contributed by atoms with van der Waals surface area (Å²) < 4.78 is 7.29. The summed E-state index contributed by atoms with van der Waals surface area (Å²) in [7, 11) is 1.68. The number of ether oxygens (including phenoxy) is 1. The highest BCUT2D eigenvalue weighted by atomic mass is 16.5. The van der Waals surface area contributed by atoms with Gasteiger partial charge < -0.3 is 25.0 Å².